The van der Waals surface area contributed by atoms with Crippen LogP contribution in [0.1, 0.15) is 11.1 Å². The Kier molecular flexibility index (Phi) is 6.64. The highest BCUT2D eigenvalue weighted by Gasteiger charge is 2.32. The molecule has 38 heavy (non-hydrogen) atoms. The Hall–Kier alpha value is -3.67. The number of carbonyl (C=O) groups is 1. The highest BCUT2D eigenvalue weighted by molar-refractivity contribution is 8.26. The van der Waals surface area contributed by atoms with Gasteiger partial charge in [-0.05, 0) is 35.9 Å². The maximum Gasteiger partial charge on any atom is 0.267 e. The Morgan fingerprint density at radius 2 is 1.89 bits per heavy atom. The molecule has 2 fully saturated rings. The fourth-order valence-corrected chi connectivity index (χ4v) is 6.05. The van der Waals surface area contributed by atoms with Crippen molar-refractivity contribution in [3.63, 3.8) is 0 Å². The number of hydrogen-bond acceptors (Lipinski definition) is 9. The number of carbonyl (C=O) groups excluding carboxylic acids is 1. The Labute approximate surface area is 228 Å². The molecule has 0 spiro atoms. The minimum atomic E-state index is -0.225. The van der Waals surface area contributed by atoms with Crippen molar-refractivity contribution < 1.29 is 14.3 Å². The third kappa shape index (κ3) is 4.57. The fraction of sp³-hybridized carbons (Fsp3) is 0.259. The Morgan fingerprint density at radius 1 is 1.08 bits per heavy atom. The second-order valence-electron chi connectivity index (χ2n) is 9.11. The molecule has 3 aliphatic heterocycles. The van der Waals surface area contributed by atoms with E-state index in [1.54, 1.807) is 24.4 Å². The molecule has 0 atom stereocenters. The second-order valence-corrected chi connectivity index (χ2v) is 10.8. The van der Waals surface area contributed by atoms with E-state index in [-0.39, 0.29) is 18.3 Å². The number of fused-ring (bicyclic) bond motifs is 2. The number of piperazine rings is 1. The van der Waals surface area contributed by atoms with Gasteiger partial charge in [0.05, 0.1) is 10.5 Å². The molecule has 6 rings (SSSR count). The number of benzene rings is 1. The van der Waals surface area contributed by atoms with Crippen LogP contribution in [0.5, 0.6) is 11.5 Å². The molecular weight excluding hydrogens is 522 g/mol. The van der Waals surface area contributed by atoms with Crippen LogP contribution in [0.2, 0.25) is 0 Å². The van der Waals surface area contributed by atoms with Crippen molar-refractivity contribution >= 4 is 51.7 Å². The van der Waals surface area contributed by atoms with E-state index in [1.165, 1.54) is 21.1 Å². The van der Waals surface area contributed by atoms with Crippen LogP contribution in [-0.2, 0) is 11.3 Å². The topological polar surface area (TPSA) is 79.6 Å². The van der Waals surface area contributed by atoms with Crippen LogP contribution in [0, 0.1) is 0 Å². The van der Waals surface area contributed by atoms with E-state index in [0.717, 1.165) is 36.7 Å². The lowest BCUT2D eigenvalue weighted by atomic mass is 10.1. The molecule has 0 aliphatic carbocycles. The van der Waals surface area contributed by atoms with Crippen molar-refractivity contribution in [3.8, 4) is 11.5 Å². The molecule has 194 valence electrons. The molecule has 11 heteroatoms. The summed E-state index contributed by atoms with van der Waals surface area (Å²) in [7, 11) is 0. The summed E-state index contributed by atoms with van der Waals surface area (Å²) in [6.45, 7) is 8.06. The number of hydrogen-bond donors (Lipinski definition) is 0. The lowest BCUT2D eigenvalue weighted by molar-refractivity contribution is -0.121. The van der Waals surface area contributed by atoms with E-state index in [2.05, 4.69) is 22.4 Å². The number of thiocarbonyl (C=S) groups is 1. The van der Waals surface area contributed by atoms with Gasteiger partial charge in [0.1, 0.15) is 15.8 Å². The van der Waals surface area contributed by atoms with Gasteiger partial charge >= 0.3 is 0 Å². The van der Waals surface area contributed by atoms with Crippen molar-refractivity contribution in [3.05, 3.63) is 81.6 Å². The van der Waals surface area contributed by atoms with E-state index >= 15 is 0 Å². The monoisotopic (exact) mass is 547 g/mol. The summed E-state index contributed by atoms with van der Waals surface area (Å²) in [5.74, 6) is 1.92. The zero-order valence-corrected chi connectivity index (χ0v) is 22.2. The number of ether oxygens (including phenoxy) is 2. The van der Waals surface area contributed by atoms with Gasteiger partial charge in [0, 0.05) is 45.5 Å². The van der Waals surface area contributed by atoms with Gasteiger partial charge in [0.15, 0.2) is 11.5 Å². The Balaban J connectivity index is 1.27. The van der Waals surface area contributed by atoms with Crippen LogP contribution in [0.3, 0.4) is 0 Å². The van der Waals surface area contributed by atoms with Gasteiger partial charge in [-0.2, -0.15) is 0 Å². The first-order valence-corrected chi connectivity index (χ1v) is 13.5. The number of pyridine rings is 1. The van der Waals surface area contributed by atoms with Gasteiger partial charge in [-0.25, -0.2) is 4.98 Å². The first-order valence-electron chi connectivity index (χ1n) is 12.3. The maximum atomic E-state index is 13.6. The van der Waals surface area contributed by atoms with E-state index in [1.807, 2.05) is 24.3 Å². The van der Waals surface area contributed by atoms with Gasteiger partial charge in [0.25, 0.3) is 11.5 Å². The smallest absolute Gasteiger partial charge is 0.267 e. The number of rotatable bonds is 6. The molecule has 1 amide bonds. The molecule has 0 unspecified atom stereocenters. The highest BCUT2D eigenvalue weighted by Crippen LogP contribution is 2.34. The largest absolute Gasteiger partial charge is 0.454 e. The molecule has 5 heterocycles. The van der Waals surface area contributed by atoms with Gasteiger partial charge in [-0.3, -0.25) is 23.8 Å². The summed E-state index contributed by atoms with van der Waals surface area (Å²) in [4.78, 5) is 37.9. The quantitative estimate of drug-likeness (QED) is 0.263. The van der Waals surface area contributed by atoms with Crippen LogP contribution in [-0.4, -0.2) is 68.9 Å². The molecule has 0 saturated carbocycles. The van der Waals surface area contributed by atoms with Crippen molar-refractivity contribution in [2.45, 2.75) is 6.54 Å². The average Bonchev–Trinajstić information content (AvgIpc) is 3.50. The summed E-state index contributed by atoms with van der Waals surface area (Å²) in [6, 6.07) is 11.5. The first kappa shape index (κ1) is 24.7. The maximum absolute atomic E-state index is 13.6. The third-order valence-electron chi connectivity index (χ3n) is 6.72. The van der Waals surface area contributed by atoms with Crippen molar-refractivity contribution in [2.24, 2.45) is 0 Å². The first-order chi connectivity index (χ1) is 18.5. The third-order valence-corrected chi connectivity index (χ3v) is 8.10. The molecular formula is C27H25N5O4S2. The van der Waals surface area contributed by atoms with E-state index in [0.29, 0.717) is 45.9 Å². The van der Waals surface area contributed by atoms with Crippen molar-refractivity contribution in [1.29, 1.82) is 0 Å². The van der Waals surface area contributed by atoms with Crippen LogP contribution in [0.25, 0.3) is 11.7 Å². The van der Waals surface area contributed by atoms with E-state index < -0.39 is 0 Å². The van der Waals surface area contributed by atoms with Crippen molar-refractivity contribution in [1.82, 2.24) is 19.2 Å². The molecule has 3 aromatic rings. The molecule has 2 aromatic heterocycles. The van der Waals surface area contributed by atoms with E-state index in [4.69, 9.17) is 26.7 Å². The van der Waals surface area contributed by atoms with Crippen molar-refractivity contribution in [2.75, 3.05) is 44.4 Å². The minimum Gasteiger partial charge on any atom is -0.454 e. The second kappa shape index (κ2) is 10.2. The van der Waals surface area contributed by atoms with Crippen LogP contribution < -0.4 is 19.9 Å². The van der Waals surface area contributed by atoms with Crippen LogP contribution >= 0.6 is 24.0 Å². The number of aromatic nitrogens is 2. The minimum absolute atomic E-state index is 0.220. The summed E-state index contributed by atoms with van der Waals surface area (Å²) in [5.41, 5.74) is 1.89. The van der Waals surface area contributed by atoms with Crippen LogP contribution in [0.4, 0.5) is 5.82 Å². The molecule has 0 bridgehead atoms. The predicted molar refractivity (Wildman–Crippen MR) is 152 cm³/mol. The average molecular weight is 548 g/mol. The Morgan fingerprint density at radius 3 is 2.71 bits per heavy atom. The number of nitrogens with zero attached hydrogens (tertiary/aromatic N) is 5. The number of anilines is 1. The predicted octanol–water partition coefficient (Wildman–Crippen LogP) is 3.13. The zero-order chi connectivity index (χ0) is 26.2. The fourth-order valence-electron chi connectivity index (χ4n) is 4.79. The SMILES string of the molecule is C=CCN1C(=O)C(=Cc2c(N3CCN(Cc4ccc5c(c4)OCO5)CC3)nc3ccccn3c2=O)SC1=S. The standard InChI is InChI=1S/C27H25N5O4S2/c1-2-8-32-26(34)22(38-27(32)37)15-19-24(28-23-5-3-4-9-31(23)25(19)33)30-12-10-29(11-13-30)16-18-6-7-20-21(14-18)36-17-35-20/h2-7,9,14-15H,1,8,10-13,16-17H2. The van der Waals surface area contributed by atoms with Gasteiger partial charge < -0.3 is 14.4 Å². The van der Waals surface area contributed by atoms with Gasteiger partial charge in [-0.15, -0.1) is 6.58 Å². The van der Waals surface area contributed by atoms with E-state index in [9.17, 15) is 9.59 Å². The molecule has 3 aliphatic rings. The summed E-state index contributed by atoms with van der Waals surface area (Å²) >= 11 is 6.58. The molecule has 0 radical (unpaired) electrons. The molecule has 2 saturated heterocycles. The Bertz CT molecular complexity index is 1540. The van der Waals surface area contributed by atoms with Gasteiger partial charge in [0.2, 0.25) is 6.79 Å². The summed E-state index contributed by atoms with van der Waals surface area (Å²) in [6.07, 6.45) is 4.97. The van der Waals surface area contributed by atoms with Crippen LogP contribution in [0.15, 0.2) is 64.9 Å². The zero-order valence-electron chi connectivity index (χ0n) is 20.5. The van der Waals surface area contributed by atoms with Gasteiger partial charge in [-0.1, -0.05) is 42.2 Å². The molecule has 9 nitrogen and oxygen atoms in total. The lowest BCUT2D eigenvalue weighted by Crippen LogP contribution is -2.47. The molecule has 1 aromatic carbocycles. The summed E-state index contributed by atoms with van der Waals surface area (Å²) < 4.78 is 12.9. The molecule has 0 N–H and O–H groups in total. The summed E-state index contributed by atoms with van der Waals surface area (Å²) in [5, 5.41) is 0. The highest BCUT2D eigenvalue weighted by atomic mass is 32.2. The number of thioether (sulfide) groups is 1. The lowest BCUT2D eigenvalue weighted by Gasteiger charge is -2.36. The normalized spacial score (nSPS) is 18.7. The number of amides is 1.